The van der Waals surface area contributed by atoms with Gasteiger partial charge in [-0.05, 0) is 5.18 Å². The number of aromatic amines is 1. The minimum Gasteiger partial charge on any atom is -0.289 e. The molecule has 0 spiro atoms. The second-order valence-corrected chi connectivity index (χ2v) is 2.29. The Balaban J connectivity index is 3.47. The van der Waals surface area contributed by atoms with Crippen LogP contribution in [0.4, 0.5) is 18.9 Å². The molecule has 0 unspecified atom stereocenters. The summed E-state index contributed by atoms with van der Waals surface area (Å²) in [6, 6.07) is 0. The molecule has 0 aromatic carbocycles. The molecular formula is C5H4F3N3O2. The van der Waals surface area contributed by atoms with Gasteiger partial charge in [-0.25, -0.2) is 0 Å². The third-order valence-electron chi connectivity index (χ3n) is 1.40. The highest BCUT2D eigenvalue weighted by Gasteiger charge is 2.38. The summed E-state index contributed by atoms with van der Waals surface area (Å²) in [6.07, 6.45) is -4.77. The predicted molar refractivity (Wildman–Crippen MR) is 36.5 cm³/mol. The van der Waals surface area contributed by atoms with Gasteiger partial charge in [0.1, 0.15) is 0 Å². The van der Waals surface area contributed by atoms with E-state index in [2.05, 4.69) is 0 Å². The van der Waals surface area contributed by atoms with E-state index in [9.17, 15) is 22.9 Å². The van der Waals surface area contributed by atoms with Gasteiger partial charge in [-0.3, -0.25) is 14.6 Å². The predicted octanol–water partition coefficient (Wildman–Crippen LogP) is 1.13. The zero-order valence-electron chi connectivity index (χ0n) is 6.34. The molecule has 0 radical (unpaired) electrons. The number of hydrogen-bond acceptors (Lipinski definition) is 3. The molecular weight excluding hydrogens is 191 g/mol. The second-order valence-electron chi connectivity index (χ2n) is 2.29. The van der Waals surface area contributed by atoms with Gasteiger partial charge >= 0.3 is 6.18 Å². The number of nitroso groups, excluding NO2 is 1. The fourth-order valence-electron chi connectivity index (χ4n) is 0.820. The van der Waals surface area contributed by atoms with Crippen molar-refractivity contribution in [3.05, 3.63) is 21.0 Å². The average molecular weight is 195 g/mol. The zero-order chi connectivity index (χ0) is 10.2. The standard InChI is InChI=1S/C5H4F3N3O2/c1-11-4(12)2(10-13)3(9-11)5(6,7)8/h9H,1H3. The number of halogens is 3. The molecule has 1 aromatic heterocycles. The number of alkyl halides is 3. The molecule has 0 aliphatic carbocycles. The van der Waals surface area contributed by atoms with E-state index in [1.165, 1.54) is 0 Å². The Morgan fingerprint density at radius 1 is 1.46 bits per heavy atom. The van der Waals surface area contributed by atoms with Crippen molar-refractivity contribution < 1.29 is 13.2 Å². The molecule has 13 heavy (non-hydrogen) atoms. The molecule has 5 nitrogen and oxygen atoms in total. The lowest BCUT2D eigenvalue weighted by molar-refractivity contribution is -0.140. The molecule has 72 valence electrons. The summed E-state index contributed by atoms with van der Waals surface area (Å²) >= 11 is 0. The van der Waals surface area contributed by atoms with Crippen LogP contribution >= 0.6 is 0 Å². The highest BCUT2D eigenvalue weighted by atomic mass is 19.4. The quantitative estimate of drug-likeness (QED) is 0.682. The first kappa shape index (κ1) is 9.49. The van der Waals surface area contributed by atoms with Crippen LogP contribution in [0.1, 0.15) is 5.69 Å². The van der Waals surface area contributed by atoms with E-state index in [0.29, 0.717) is 4.68 Å². The Morgan fingerprint density at radius 2 is 2.00 bits per heavy atom. The minimum atomic E-state index is -4.77. The molecule has 0 bridgehead atoms. The number of nitrogens with zero attached hydrogens (tertiary/aromatic N) is 2. The van der Waals surface area contributed by atoms with Crippen LogP contribution in [-0.4, -0.2) is 9.78 Å². The Labute approximate surface area is 69.1 Å². The summed E-state index contributed by atoms with van der Waals surface area (Å²) < 4.78 is 36.7. The van der Waals surface area contributed by atoms with E-state index in [4.69, 9.17) is 0 Å². The van der Waals surface area contributed by atoms with Gasteiger partial charge in [0.25, 0.3) is 5.56 Å². The van der Waals surface area contributed by atoms with Crippen molar-refractivity contribution in [1.82, 2.24) is 9.78 Å². The smallest absolute Gasteiger partial charge is 0.289 e. The lowest BCUT2D eigenvalue weighted by Crippen LogP contribution is -2.10. The molecule has 1 aromatic rings. The molecule has 0 aliphatic heterocycles. The number of H-pyrrole nitrogens is 1. The van der Waals surface area contributed by atoms with Crippen molar-refractivity contribution in [2.24, 2.45) is 12.2 Å². The normalized spacial score (nSPS) is 11.7. The number of aromatic nitrogens is 2. The summed E-state index contributed by atoms with van der Waals surface area (Å²) in [7, 11) is 1.06. The van der Waals surface area contributed by atoms with Crippen LogP contribution in [-0.2, 0) is 13.2 Å². The summed E-state index contributed by atoms with van der Waals surface area (Å²) in [4.78, 5) is 20.7. The highest BCUT2D eigenvalue weighted by molar-refractivity contribution is 5.41. The molecule has 0 saturated heterocycles. The van der Waals surface area contributed by atoms with Crippen LogP contribution in [0.25, 0.3) is 0 Å². The lowest BCUT2D eigenvalue weighted by Gasteiger charge is -2.01. The maximum absolute atomic E-state index is 12.0. The van der Waals surface area contributed by atoms with E-state index in [-0.39, 0.29) is 0 Å². The Kier molecular flexibility index (Phi) is 1.98. The van der Waals surface area contributed by atoms with Crippen molar-refractivity contribution in [3.8, 4) is 0 Å². The fraction of sp³-hybridized carbons (Fsp3) is 0.400. The van der Waals surface area contributed by atoms with Crippen LogP contribution in [0.5, 0.6) is 0 Å². The molecule has 0 fully saturated rings. The van der Waals surface area contributed by atoms with E-state index >= 15 is 0 Å². The molecule has 8 heteroatoms. The minimum absolute atomic E-state index is 0.541. The Bertz CT molecular complexity index is 389. The van der Waals surface area contributed by atoms with Crippen molar-refractivity contribution in [1.29, 1.82) is 0 Å². The number of aryl methyl sites for hydroxylation is 1. The summed E-state index contributed by atoms with van der Waals surface area (Å²) in [5.74, 6) is 0. The van der Waals surface area contributed by atoms with Crippen LogP contribution < -0.4 is 5.56 Å². The molecule has 1 heterocycles. The van der Waals surface area contributed by atoms with Gasteiger partial charge in [-0.15, -0.1) is 4.91 Å². The van der Waals surface area contributed by atoms with E-state index < -0.39 is 23.1 Å². The third-order valence-corrected chi connectivity index (χ3v) is 1.40. The first-order valence-electron chi connectivity index (χ1n) is 3.07. The Morgan fingerprint density at radius 3 is 2.31 bits per heavy atom. The van der Waals surface area contributed by atoms with Gasteiger partial charge < -0.3 is 0 Å². The molecule has 1 rings (SSSR count). The van der Waals surface area contributed by atoms with Crippen LogP contribution in [0, 0.1) is 4.91 Å². The van der Waals surface area contributed by atoms with Crippen LogP contribution in [0.2, 0.25) is 0 Å². The van der Waals surface area contributed by atoms with Crippen molar-refractivity contribution in [2.75, 3.05) is 0 Å². The molecule has 0 atom stereocenters. The molecule has 0 saturated carbocycles. The topological polar surface area (TPSA) is 67.2 Å². The van der Waals surface area contributed by atoms with E-state index in [1.807, 2.05) is 5.18 Å². The van der Waals surface area contributed by atoms with Crippen molar-refractivity contribution in [2.45, 2.75) is 6.18 Å². The van der Waals surface area contributed by atoms with Gasteiger partial charge in [-0.1, -0.05) is 0 Å². The largest absolute Gasteiger partial charge is 0.435 e. The monoisotopic (exact) mass is 195 g/mol. The van der Waals surface area contributed by atoms with E-state index in [0.717, 1.165) is 7.05 Å². The van der Waals surface area contributed by atoms with Crippen molar-refractivity contribution in [3.63, 3.8) is 0 Å². The first-order chi connectivity index (χ1) is 5.88. The van der Waals surface area contributed by atoms with Crippen LogP contribution in [0.3, 0.4) is 0 Å². The average Bonchev–Trinajstić information content (AvgIpc) is 2.28. The number of rotatable bonds is 1. The molecule has 0 aliphatic rings. The van der Waals surface area contributed by atoms with Crippen LogP contribution in [0.15, 0.2) is 9.97 Å². The van der Waals surface area contributed by atoms with Gasteiger partial charge in [0.2, 0.25) is 5.69 Å². The maximum Gasteiger partial charge on any atom is 0.435 e. The fourth-order valence-corrected chi connectivity index (χ4v) is 0.820. The van der Waals surface area contributed by atoms with Gasteiger partial charge in [0, 0.05) is 7.05 Å². The second kappa shape index (κ2) is 2.71. The molecule has 0 amide bonds. The zero-order valence-corrected chi connectivity index (χ0v) is 6.34. The van der Waals surface area contributed by atoms with Gasteiger partial charge in [0.15, 0.2) is 5.69 Å². The third kappa shape index (κ3) is 1.46. The van der Waals surface area contributed by atoms with Crippen molar-refractivity contribution >= 4 is 5.69 Å². The van der Waals surface area contributed by atoms with Gasteiger partial charge in [0.05, 0.1) is 0 Å². The maximum atomic E-state index is 12.0. The SMILES string of the molecule is Cn1[nH]c(C(F)(F)F)c(N=O)c1=O. The number of hydrogen-bond donors (Lipinski definition) is 1. The molecule has 1 N–H and O–H groups in total. The highest BCUT2D eigenvalue weighted by Crippen LogP contribution is 2.32. The van der Waals surface area contributed by atoms with E-state index in [1.54, 1.807) is 5.10 Å². The summed E-state index contributed by atoms with van der Waals surface area (Å²) in [6.45, 7) is 0. The van der Waals surface area contributed by atoms with Gasteiger partial charge in [-0.2, -0.15) is 13.2 Å². The summed E-state index contributed by atoms with van der Waals surface area (Å²) in [5, 5.41) is 3.71. The first-order valence-corrected chi connectivity index (χ1v) is 3.07. The summed E-state index contributed by atoms with van der Waals surface area (Å²) in [5.41, 5.74) is -3.66. The Hall–Kier alpha value is -1.60. The number of nitrogens with one attached hydrogen (secondary N) is 1. The lowest BCUT2D eigenvalue weighted by atomic mass is 10.4.